The minimum atomic E-state index is -0.373. The average Bonchev–Trinajstić information content (AvgIpc) is 3.29. The molecule has 0 fully saturated rings. The third-order valence-electron chi connectivity index (χ3n) is 4.32. The fourth-order valence-electron chi connectivity index (χ4n) is 2.87. The van der Waals surface area contributed by atoms with E-state index < -0.39 is 0 Å². The Bertz CT molecular complexity index is 1070. The third kappa shape index (κ3) is 3.48. The monoisotopic (exact) mass is 381 g/mol. The standard InChI is InChI=1S/C20H19N3O5/c1-12(2)20(25)26-7-3-4-13-5-6-14-15(8-13)22-23(21-14)16-9-18-19(10-17(16)24)28-11-27-18/h5-6,8-10,24H,1,3-4,7,11H2,2H3. The molecule has 1 aromatic heterocycles. The topological polar surface area (TPSA) is 95.7 Å². The van der Waals surface area contributed by atoms with E-state index in [1.54, 1.807) is 13.0 Å². The Morgan fingerprint density at radius 1 is 1.21 bits per heavy atom. The first-order valence-electron chi connectivity index (χ1n) is 8.83. The number of aromatic nitrogens is 3. The van der Waals surface area contributed by atoms with Crippen LogP contribution in [0.5, 0.6) is 17.2 Å². The summed E-state index contributed by atoms with van der Waals surface area (Å²) in [5.74, 6) is 0.665. The molecule has 1 N–H and O–H groups in total. The van der Waals surface area contributed by atoms with Crippen LogP contribution >= 0.6 is 0 Å². The van der Waals surface area contributed by atoms with Gasteiger partial charge in [-0.3, -0.25) is 0 Å². The number of ether oxygens (including phenoxy) is 3. The summed E-state index contributed by atoms with van der Waals surface area (Å²) in [6.45, 7) is 5.63. The molecular weight excluding hydrogens is 362 g/mol. The van der Waals surface area contributed by atoms with Gasteiger partial charge in [-0.25, -0.2) is 4.79 Å². The van der Waals surface area contributed by atoms with E-state index >= 15 is 0 Å². The number of fused-ring (bicyclic) bond motifs is 2. The zero-order valence-corrected chi connectivity index (χ0v) is 15.3. The lowest BCUT2D eigenvalue weighted by molar-refractivity contribution is -0.139. The second-order valence-corrected chi connectivity index (χ2v) is 6.53. The summed E-state index contributed by atoms with van der Waals surface area (Å²) >= 11 is 0. The van der Waals surface area contributed by atoms with Gasteiger partial charge in [-0.2, -0.15) is 0 Å². The Kier molecular flexibility index (Phi) is 4.60. The summed E-state index contributed by atoms with van der Waals surface area (Å²) in [6, 6.07) is 8.90. The summed E-state index contributed by atoms with van der Waals surface area (Å²) in [5.41, 5.74) is 3.27. The third-order valence-corrected chi connectivity index (χ3v) is 4.32. The van der Waals surface area contributed by atoms with Crippen LogP contribution < -0.4 is 9.47 Å². The van der Waals surface area contributed by atoms with Gasteiger partial charge in [0.25, 0.3) is 0 Å². The molecule has 0 unspecified atom stereocenters. The molecule has 4 rings (SSSR count). The Balaban J connectivity index is 1.49. The second-order valence-electron chi connectivity index (χ2n) is 6.53. The number of hydrogen-bond acceptors (Lipinski definition) is 7. The van der Waals surface area contributed by atoms with E-state index in [4.69, 9.17) is 14.2 Å². The van der Waals surface area contributed by atoms with Gasteiger partial charge in [0.05, 0.1) is 6.61 Å². The number of esters is 1. The van der Waals surface area contributed by atoms with Crippen LogP contribution in [0.15, 0.2) is 42.5 Å². The van der Waals surface area contributed by atoms with Gasteiger partial charge < -0.3 is 19.3 Å². The first-order valence-corrected chi connectivity index (χ1v) is 8.83. The van der Waals surface area contributed by atoms with E-state index in [0.717, 1.165) is 12.0 Å². The van der Waals surface area contributed by atoms with E-state index in [-0.39, 0.29) is 18.5 Å². The molecular formula is C20H19N3O5. The molecule has 144 valence electrons. The van der Waals surface area contributed by atoms with Gasteiger partial charge in [0.1, 0.15) is 22.5 Å². The number of hydrogen-bond donors (Lipinski definition) is 1. The number of carbonyl (C=O) groups is 1. The van der Waals surface area contributed by atoms with Gasteiger partial charge in [-0.05, 0) is 37.5 Å². The molecule has 3 aromatic rings. The highest BCUT2D eigenvalue weighted by Gasteiger charge is 2.19. The zero-order valence-electron chi connectivity index (χ0n) is 15.3. The second kappa shape index (κ2) is 7.22. The molecule has 0 saturated carbocycles. The Morgan fingerprint density at radius 3 is 2.75 bits per heavy atom. The molecule has 28 heavy (non-hydrogen) atoms. The number of aryl methyl sites for hydroxylation is 1. The number of benzene rings is 2. The lowest BCUT2D eigenvalue weighted by Crippen LogP contribution is -2.06. The van der Waals surface area contributed by atoms with Crippen LogP contribution in [0, 0.1) is 0 Å². The summed E-state index contributed by atoms with van der Waals surface area (Å²) in [5, 5.41) is 19.1. The SMILES string of the molecule is C=C(C)C(=O)OCCCc1ccc2nn(-c3cc4c(cc3O)OCO4)nc2c1. The summed E-state index contributed by atoms with van der Waals surface area (Å²) in [7, 11) is 0. The molecule has 1 aliphatic rings. The van der Waals surface area contributed by atoms with Crippen LogP contribution in [0.25, 0.3) is 16.7 Å². The molecule has 8 nitrogen and oxygen atoms in total. The van der Waals surface area contributed by atoms with Crippen molar-refractivity contribution >= 4 is 17.0 Å². The van der Waals surface area contributed by atoms with Crippen LogP contribution in [0.4, 0.5) is 0 Å². The molecule has 8 heteroatoms. The maximum Gasteiger partial charge on any atom is 0.333 e. The van der Waals surface area contributed by atoms with E-state index in [9.17, 15) is 9.90 Å². The molecule has 0 aliphatic carbocycles. The van der Waals surface area contributed by atoms with E-state index in [2.05, 4.69) is 16.8 Å². The molecule has 0 spiro atoms. The number of phenolic OH excluding ortho intramolecular Hbond substituents is 1. The quantitative estimate of drug-likeness (QED) is 0.398. The van der Waals surface area contributed by atoms with Crippen molar-refractivity contribution in [3.8, 4) is 22.9 Å². The van der Waals surface area contributed by atoms with Crippen LogP contribution in [-0.2, 0) is 16.0 Å². The molecule has 0 saturated heterocycles. The van der Waals surface area contributed by atoms with Crippen molar-refractivity contribution in [1.82, 2.24) is 15.0 Å². The van der Waals surface area contributed by atoms with Crippen LogP contribution in [0.2, 0.25) is 0 Å². The van der Waals surface area contributed by atoms with Gasteiger partial charge in [0, 0.05) is 17.7 Å². The molecule has 2 heterocycles. The van der Waals surface area contributed by atoms with Crippen molar-refractivity contribution < 1.29 is 24.1 Å². The van der Waals surface area contributed by atoms with Crippen molar-refractivity contribution in [3.63, 3.8) is 0 Å². The minimum Gasteiger partial charge on any atom is -0.505 e. The summed E-state index contributed by atoms with van der Waals surface area (Å²) in [4.78, 5) is 12.8. The maximum atomic E-state index is 11.4. The zero-order chi connectivity index (χ0) is 19.7. The van der Waals surface area contributed by atoms with Crippen molar-refractivity contribution in [2.24, 2.45) is 0 Å². The van der Waals surface area contributed by atoms with Gasteiger partial charge in [0.15, 0.2) is 11.5 Å². The fraction of sp³-hybridized carbons (Fsp3) is 0.250. The van der Waals surface area contributed by atoms with E-state index in [0.29, 0.717) is 46.8 Å². The lowest BCUT2D eigenvalue weighted by atomic mass is 10.1. The Morgan fingerprint density at radius 2 is 1.96 bits per heavy atom. The average molecular weight is 381 g/mol. The predicted octanol–water partition coefficient (Wildman–Crippen LogP) is 2.91. The molecule has 0 radical (unpaired) electrons. The lowest BCUT2D eigenvalue weighted by Gasteiger charge is -2.04. The number of phenols is 1. The Labute approximate surface area is 160 Å². The maximum absolute atomic E-state index is 11.4. The number of rotatable bonds is 6. The highest BCUT2D eigenvalue weighted by atomic mass is 16.7. The highest BCUT2D eigenvalue weighted by molar-refractivity contribution is 5.86. The van der Waals surface area contributed by atoms with E-state index in [1.807, 2.05) is 18.2 Å². The highest BCUT2D eigenvalue weighted by Crippen LogP contribution is 2.38. The molecule has 0 atom stereocenters. The van der Waals surface area contributed by atoms with Crippen LogP contribution in [0.1, 0.15) is 18.9 Å². The molecule has 1 aliphatic heterocycles. The Hall–Kier alpha value is -3.55. The minimum absolute atomic E-state index is 0.00380. The number of carbonyl (C=O) groups excluding carboxylic acids is 1. The molecule has 0 amide bonds. The molecule has 0 bridgehead atoms. The van der Waals surface area contributed by atoms with Gasteiger partial charge in [-0.1, -0.05) is 12.6 Å². The summed E-state index contributed by atoms with van der Waals surface area (Å²) < 4.78 is 15.7. The first kappa shape index (κ1) is 17.8. The van der Waals surface area contributed by atoms with Crippen molar-refractivity contribution in [2.75, 3.05) is 13.4 Å². The van der Waals surface area contributed by atoms with Crippen molar-refractivity contribution in [2.45, 2.75) is 19.8 Å². The molecule has 2 aromatic carbocycles. The largest absolute Gasteiger partial charge is 0.505 e. The smallest absolute Gasteiger partial charge is 0.333 e. The van der Waals surface area contributed by atoms with Crippen molar-refractivity contribution in [1.29, 1.82) is 0 Å². The van der Waals surface area contributed by atoms with E-state index in [1.165, 1.54) is 10.9 Å². The fourth-order valence-corrected chi connectivity index (χ4v) is 2.87. The summed E-state index contributed by atoms with van der Waals surface area (Å²) in [6.07, 6.45) is 1.43. The van der Waals surface area contributed by atoms with Gasteiger partial charge in [-0.15, -0.1) is 15.0 Å². The van der Waals surface area contributed by atoms with Gasteiger partial charge in [0.2, 0.25) is 6.79 Å². The van der Waals surface area contributed by atoms with Crippen molar-refractivity contribution in [3.05, 3.63) is 48.0 Å². The van der Waals surface area contributed by atoms with Crippen LogP contribution in [0.3, 0.4) is 0 Å². The van der Waals surface area contributed by atoms with Crippen LogP contribution in [-0.4, -0.2) is 39.5 Å². The first-order chi connectivity index (χ1) is 13.5. The number of aromatic hydroxyl groups is 1. The predicted molar refractivity (Wildman–Crippen MR) is 101 cm³/mol. The normalized spacial score (nSPS) is 12.3. The number of nitrogens with zero attached hydrogens (tertiary/aromatic N) is 3. The van der Waals surface area contributed by atoms with Gasteiger partial charge >= 0.3 is 5.97 Å².